The first kappa shape index (κ1) is 13.7. The molecule has 0 bridgehead atoms. The topological polar surface area (TPSA) is 72.9 Å². The quantitative estimate of drug-likeness (QED) is 0.758. The van der Waals surface area contributed by atoms with Crippen molar-refractivity contribution in [1.29, 1.82) is 0 Å². The van der Waals surface area contributed by atoms with Gasteiger partial charge in [-0.25, -0.2) is 4.79 Å². The maximum Gasteiger partial charge on any atom is 0.407 e. The first-order valence-electron chi connectivity index (χ1n) is 7.66. The second-order valence-corrected chi connectivity index (χ2v) is 6.23. The third-order valence-corrected chi connectivity index (χ3v) is 5.26. The van der Waals surface area contributed by atoms with E-state index in [0.717, 1.165) is 0 Å². The molecule has 112 valence electrons. The number of hydrogen-bond donors (Lipinski definition) is 2. The molecule has 3 aliphatic rings. The zero-order valence-electron chi connectivity index (χ0n) is 11.8. The van der Waals surface area contributed by atoms with Crippen molar-refractivity contribution in [1.82, 2.24) is 15.1 Å². The van der Waals surface area contributed by atoms with Crippen molar-refractivity contribution in [3.8, 4) is 0 Å². The molecule has 3 rings (SSSR count). The lowest BCUT2D eigenvalue weighted by Gasteiger charge is -2.45. The molecule has 6 nitrogen and oxygen atoms in total. The monoisotopic (exact) mass is 281 g/mol. The molecule has 20 heavy (non-hydrogen) atoms. The second kappa shape index (κ2) is 5.24. The van der Waals surface area contributed by atoms with Crippen LogP contribution in [0.25, 0.3) is 0 Å². The summed E-state index contributed by atoms with van der Waals surface area (Å²) in [5, 5.41) is 12.1. The molecule has 2 aliphatic heterocycles. The summed E-state index contributed by atoms with van der Waals surface area (Å²) < 4.78 is 0. The van der Waals surface area contributed by atoms with Gasteiger partial charge in [-0.2, -0.15) is 0 Å². The van der Waals surface area contributed by atoms with E-state index in [0.29, 0.717) is 38.6 Å². The molecule has 0 aromatic heterocycles. The average Bonchev–Trinajstić information content (AvgIpc) is 2.78. The van der Waals surface area contributed by atoms with Gasteiger partial charge in [0, 0.05) is 19.1 Å². The standard InChI is InChI=1S/C14H23N3O3/c18-12-14(6-8-16(9-7-14)13(19)20)17(10-15-12)11-4-2-1-3-5-11/h11H,1-10H2,(H,15,18)(H,19,20). The van der Waals surface area contributed by atoms with Crippen molar-refractivity contribution in [2.24, 2.45) is 0 Å². The highest BCUT2D eigenvalue weighted by atomic mass is 16.4. The molecular weight excluding hydrogens is 258 g/mol. The fourth-order valence-electron chi connectivity index (χ4n) is 4.06. The predicted molar refractivity (Wildman–Crippen MR) is 73.3 cm³/mol. The van der Waals surface area contributed by atoms with Gasteiger partial charge in [-0.05, 0) is 25.7 Å². The largest absolute Gasteiger partial charge is 0.465 e. The second-order valence-electron chi connectivity index (χ2n) is 6.23. The third kappa shape index (κ3) is 2.16. The smallest absolute Gasteiger partial charge is 0.407 e. The molecule has 0 unspecified atom stereocenters. The lowest BCUT2D eigenvalue weighted by molar-refractivity contribution is -0.130. The van der Waals surface area contributed by atoms with Gasteiger partial charge in [0.25, 0.3) is 0 Å². The Morgan fingerprint density at radius 3 is 2.45 bits per heavy atom. The van der Waals surface area contributed by atoms with E-state index in [-0.39, 0.29) is 5.91 Å². The van der Waals surface area contributed by atoms with E-state index in [4.69, 9.17) is 5.11 Å². The van der Waals surface area contributed by atoms with E-state index in [1.165, 1.54) is 37.0 Å². The predicted octanol–water partition coefficient (Wildman–Crippen LogP) is 1.22. The summed E-state index contributed by atoms with van der Waals surface area (Å²) in [7, 11) is 0. The van der Waals surface area contributed by atoms with Gasteiger partial charge >= 0.3 is 6.09 Å². The van der Waals surface area contributed by atoms with Crippen LogP contribution in [0.4, 0.5) is 4.79 Å². The van der Waals surface area contributed by atoms with Crippen LogP contribution in [0.2, 0.25) is 0 Å². The molecule has 1 spiro atoms. The van der Waals surface area contributed by atoms with Gasteiger partial charge in [0.05, 0.1) is 6.67 Å². The highest BCUT2D eigenvalue weighted by molar-refractivity contribution is 5.88. The number of carbonyl (C=O) groups is 2. The maximum atomic E-state index is 12.4. The lowest BCUT2D eigenvalue weighted by atomic mass is 9.83. The van der Waals surface area contributed by atoms with E-state index >= 15 is 0 Å². The molecular formula is C14H23N3O3. The molecule has 1 saturated carbocycles. The van der Waals surface area contributed by atoms with Gasteiger partial charge in [0.15, 0.2) is 0 Å². The fraction of sp³-hybridized carbons (Fsp3) is 0.857. The van der Waals surface area contributed by atoms with E-state index in [1.54, 1.807) is 0 Å². The molecule has 2 heterocycles. The van der Waals surface area contributed by atoms with Crippen LogP contribution in [-0.4, -0.2) is 58.2 Å². The van der Waals surface area contributed by atoms with E-state index < -0.39 is 11.6 Å². The summed E-state index contributed by atoms with van der Waals surface area (Å²) in [4.78, 5) is 27.2. The van der Waals surface area contributed by atoms with Crippen molar-refractivity contribution < 1.29 is 14.7 Å². The Bertz CT molecular complexity index is 398. The van der Waals surface area contributed by atoms with Crippen LogP contribution < -0.4 is 5.32 Å². The van der Waals surface area contributed by atoms with Gasteiger partial charge in [-0.3, -0.25) is 9.69 Å². The van der Waals surface area contributed by atoms with Gasteiger partial charge in [-0.15, -0.1) is 0 Å². The molecule has 2 N–H and O–H groups in total. The number of carbonyl (C=O) groups excluding carboxylic acids is 1. The molecule has 6 heteroatoms. The highest BCUT2D eigenvalue weighted by Crippen LogP contribution is 2.37. The number of rotatable bonds is 1. The first-order valence-corrected chi connectivity index (χ1v) is 7.66. The molecule has 3 fully saturated rings. The zero-order valence-corrected chi connectivity index (χ0v) is 11.8. The first-order chi connectivity index (χ1) is 9.63. The number of nitrogens with zero attached hydrogens (tertiary/aromatic N) is 2. The van der Waals surface area contributed by atoms with Crippen LogP contribution in [0.3, 0.4) is 0 Å². The number of likely N-dealkylation sites (tertiary alicyclic amines) is 1. The Kier molecular flexibility index (Phi) is 3.58. The van der Waals surface area contributed by atoms with Crippen LogP contribution in [0.15, 0.2) is 0 Å². The minimum absolute atomic E-state index is 0.105. The summed E-state index contributed by atoms with van der Waals surface area (Å²) in [6.07, 6.45) is 6.50. The van der Waals surface area contributed by atoms with E-state index in [9.17, 15) is 9.59 Å². The molecule has 0 radical (unpaired) electrons. The van der Waals surface area contributed by atoms with Crippen LogP contribution >= 0.6 is 0 Å². The van der Waals surface area contributed by atoms with Crippen LogP contribution in [-0.2, 0) is 4.79 Å². The Labute approximate surface area is 119 Å². The minimum atomic E-state index is -0.873. The number of amides is 2. The Hall–Kier alpha value is -1.30. The molecule has 2 amide bonds. The SMILES string of the molecule is O=C(O)N1CCC2(CC1)C(=O)NCN2C1CCCCC1. The van der Waals surface area contributed by atoms with Gasteiger partial charge in [-0.1, -0.05) is 19.3 Å². The summed E-state index contributed by atoms with van der Waals surface area (Å²) in [5.74, 6) is 0.105. The molecule has 1 aliphatic carbocycles. The highest BCUT2D eigenvalue weighted by Gasteiger charge is 2.52. The Balaban J connectivity index is 1.75. The lowest BCUT2D eigenvalue weighted by Crippen LogP contribution is -2.59. The van der Waals surface area contributed by atoms with Crippen molar-refractivity contribution in [2.75, 3.05) is 19.8 Å². The maximum absolute atomic E-state index is 12.4. The molecule has 0 aromatic carbocycles. The number of carboxylic acid groups (broad SMARTS) is 1. The number of piperidine rings is 1. The summed E-state index contributed by atoms with van der Waals surface area (Å²) in [6.45, 7) is 1.56. The van der Waals surface area contributed by atoms with Crippen LogP contribution in [0.5, 0.6) is 0 Å². The molecule has 0 aromatic rings. The van der Waals surface area contributed by atoms with Crippen molar-refractivity contribution in [3.05, 3.63) is 0 Å². The van der Waals surface area contributed by atoms with Crippen molar-refractivity contribution >= 4 is 12.0 Å². The Morgan fingerprint density at radius 1 is 1.20 bits per heavy atom. The Morgan fingerprint density at radius 2 is 1.85 bits per heavy atom. The molecule has 0 atom stereocenters. The van der Waals surface area contributed by atoms with Crippen LogP contribution in [0.1, 0.15) is 44.9 Å². The zero-order chi connectivity index (χ0) is 14.2. The van der Waals surface area contributed by atoms with Crippen molar-refractivity contribution in [3.63, 3.8) is 0 Å². The number of nitrogens with one attached hydrogen (secondary N) is 1. The van der Waals surface area contributed by atoms with Crippen LogP contribution in [0, 0.1) is 0 Å². The fourth-order valence-corrected chi connectivity index (χ4v) is 4.06. The van der Waals surface area contributed by atoms with Gasteiger partial charge < -0.3 is 15.3 Å². The van der Waals surface area contributed by atoms with Gasteiger partial charge in [0.2, 0.25) is 5.91 Å². The summed E-state index contributed by atoms with van der Waals surface area (Å²) in [5.41, 5.74) is -0.450. The summed E-state index contributed by atoms with van der Waals surface area (Å²) in [6, 6.07) is 0.485. The average molecular weight is 281 g/mol. The van der Waals surface area contributed by atoms with Gasteiger partial charge in [0.1, 0.15) is 5.54 Å². The summed E-state index contributed by atoms with van der Waals surface area (Å²) >= 11 is 0. The molecule has 2 saturated heterocycles. The minimum Gasteiger partial charge on any atom is -0.465 e. The number of hydrogen-bond acceptors (Lipinski definition) is 3. The normalized spacial score (nSPS) is 27.8. The van der Waals surface area contributed by atoms with Crippen molar-refractivity contribution in [2.45, 2.75) is 56.5 Å². The van der Waals surface area contributed by atoms with E-state index in [1.807, 2.05) is 0 Å². The van der Waals surface area contributed by atoms with E-state index in [2.05, 4.69) is 10.2 Å². The third-order valence-electron chi connectivity index (χ3n) is 5.26.